The molecular weight excluding hydrogens is 283 g/mol. The van der Waals surface area contributed by atoms with Crippen LogP contribution < -0.4 is 10.1 Å². The van der Waals surface area contributed by atoms with Crippen molar-refractivity contribution in [2.75, 3.05) is 19.0 Å². The second kappa shape index (κ2) is 8.05. The van der Waals surface area contributed by atoms with Crippen LogP contribution in [0.5, 0.6) is 5.88 Å². The summed E-state index contributed by atoms with van der Waals surface area (Å²) in [5, 5.41) is 2.58. The number of alkyl halides is 3. The maximum absolute atomic E-state index is 12.7. The molecule has 0 saturated heterocycles. The number of halogens is 3. The number of rotatable bonds is 8. The Labute approximate surface area is 123 Å². The minimum Gasteiger partial charge on any atom is -0.477 e. The van der Waals surface area contributed by atoms with Gasteiger partial charge in [0.05, 0.1) is 6.61 Å². The van der Waals surface area contributed by atoms with E-state index in [0.717, 1.165) is 25.7 Å². The first-order valence-electron chi connectivity index (χ1n) is 7.17. The minimum atomic E-state index is -4.59. The molecule has 0 aliphatic carbocycles. The SMILES string of the molecule is CCCCC(CC)COc1cc(NC)nc(C(F)(F)F)n1. The number of hydrogen-bond acceptors (Lipinski definition) is 4. The van der Waals surface area contributed by atoms with Gasteiger partial charge in [-0.1, -0.05) is 33.1 Å². The van der Waals surface area contributed by atoms with E-state index >= 15 is 0 Å². The van der Waals surface area contributed by atoms with Crippen molar-refractivity contribution < 1.29 is 17.9 Å². The summed E-state index contributed by atoms with van der Waals surface area (Å²) in [6, 6.07) is 1.38. The lowest BCUT2D eigenvalue weighted by Crippen LogP contribution is -2.16. The van der Waals surface area contributed by atoms with E-state index in [4.69, 9.17) is 4.74 Å². The van der Waals surface area contributed by atoms with Gasteiger partial charge in [0.25, 0.3) is 0 Å². The van der Waals surface area contributed by atoms with Gasteiger partial charge in [-0.25, -0.2) is 4.98 Å². The molecule has 1 unspecified atom stereocenters. The fourth-order valence-corrected chi connectivity index (χ4v) is 1.86. The number of aromatic nitrogens is 2. The first kappa shape index (κ1) is 17.5. The van der Waals surface area contributed by atoms with Crippen molar-refractivity contribution in [2.24, 2.45) is 5.92 Å². The number of nitrogens with zero attached hydrogens (tertiary/aromatic N) is 2. The van der Waals surface area contributed by atoms with Crippen LogP contribution in [0.15, 0.2) is 6.07 Å². The number of unbranched alkanes of at least 4 members (excludes halogenated alkanes) is 1. The Hall–Kier alpha value is -1.53. The monoisotopic (exact) mass is 305 g/mol. The molecule has 0 aromatic carbocycles. The van der Waals surface area contributed by atoms with Crippen molar-refractivity contribution in [1.82, 2.24) is 9.97 Å². The number of anilines is 1. The topological polar surface area (TPSA) is 47.0 Å². The molecular formula is C14H22F3N3O. The predicted molar refractivity (Wildman–Crippen MR) is 75.4 cm³/mol. The molecule has 1 aromatic rings. The van der Waals surface area contributed by atoms with E-state index in [2.05, 4.69) is 22.2 Å². The third kappa shape index (κ3) is 5.77. The Morgan fingerprint density at radius 3 is 2.52 bits per heavy atom. The lowest BCUT2D eigenvalue weighted by Gasteiger charge is -2.16. The molecule has 1 N–H and O–H groups in total. The maximum Gasteiger partial charge on any atom is 0.451 e. The van der Waals surface area contributed by atoms with E-state index in [-0.39, 0.29) is 11.7 Å². The first-order valence-corrected chi connectivity index (χ1v) is 7.17. The molecule has 0 radical (unpaired) electrons. The highest BCUT2D eigenvalue weighted by molar-refractivity contribution is 5.38. The van der Waals surface area contributed by atoms with E-state index in [1.165, 1.54) is 13.1 Å². The summed E-state index contributed by atoms with van der Waals surface area (Å²) >= 11 is 0. The Balaban J connectivity index is 2.78. The van der Waals surface area contributed by atoms with Gasteiger partial charge >= 0.3 is 6.18 Å². The van der Waals surface area contributed by atoms with Crippen molar-refractivity contribution >= 4 is 5.82 Å². The van der Waals surface area contributed by atoms with Gasteiger partial charge < -0.3 is 10.1 Å². The molecule has 21 heavy (non-hydrogen) atoms. The fourth-order valence-electron chi connectivity index (χ4n) is 1.86. The zero-order chi connectivity index (χ0) is 15.9. The van der Waals surface area contributed by atoms with Crippen LogP contribution in [0.1, 0.15) is 45.4 Å². The standard InChI is InChI=1S/C14H22F3N3O/c1-4-6-7-10(5-2)9-21-12-8-11(18-3)19-13(20-12)14(15,16)17/h8,10H,4-7,9H2,1-3H3,(H,18,19,20). The molecule has 0 spiro atoms. The van der Waals surface area contributed by atoms with Gasteiger partial charge in [-0.2, -0.15) is 18.2 Å². The van der Waals surface area contributed by atoms with E-state index in [0.29, 0.717) is 12.5 Å². The largest absolute Gasteiger partial charge is 0.477 e. The van der Waals surface area contributed by atoms with E-state index in [9.17, 15) is 13.2 Å². The quantitative estimate of drug-likeness (QED) is 0.784. The third-order valence-corrected chi connectivity index (χ3v) is 3.22. The minimum absolute atomic E-state index is 0.0448. The molecule has 0 saturated carbocycles. The van der Waals surface area contributed by atoms with Gasteiger partial charge in [-0.05, 0) is 12.3 Å². The molecule has 7 heteroatoms. The molecule has 0 amide bonds. The van der Waals surface area contributed by atoms with Crippen LogP contribution in [-0.2, 0) is 6.18 Å². The van der Waals surface area contributed by atoms with E-state index in [1.807, 2.05) is 6.92 Å². The maximum atomic E-state index is 12.7. The van der Waals surface area contributed by atoms with Crippen molar-refractivity contribution in [3.63, 3.8) is 0 Å². The zero-order valence-electron chi connectivity index (χ0n) is 12.6. The Bertz CT molecular complexity index is 438. The smallest absolute Gasteiger partial charge is 0.451 e. The average Bonchev–Trinajstić information content (AvgIpc) is 2.46. The zero-order valence-corrected chi connectivity index (χ0v) is 12.6. The second-order valence-corrected chi connectivity index (χ2v) is 4.89. The highest BCUT2D eigenvalue weighted by atomic mass is 19.4. The summed E-state index contributed by atoms with van der Waals surface area (Å²) in [6.45, 7) is 4.52. The predicted octanol–water partition coefficient (Wildman–Crippen LogP) is 4.13. The van der Waals surface area contributed by atoms with Gasteiger partial charge in [-0.3, -0.25) is 0 Å². The van der Waals surface area contributed by atoms with Gasteiger partial charge in [0.2, 0.25) is 11.7 Å². The summed E-state index contributed by atoms with van der Waals surface area (Å²) in [4.78, 5) is 6.83. The van der Waals surface area contributed by atoms with Crippen molar-refractivity contribution in [3.8, 4) is 5.88 Å². The van der Waals surface area contributed by atoms with Crippen LogP contribution >= 0.6 is 0 Å². The molecule has 1 aromatic heterocycles. The lowest BCUT2D eigenvalue weighted by atomic mass is 10.0. The lowest BCUT2D eigenvalue weighted by molar-refractivity contribution is -0.145. The van der Waals surface area contributed by atoms with Gasteiger partial charge in [0.15, 0.2) is 0 Å². The summed E-state index contributed by atoms with van der Waals surface area (Å²) in [5.41, 5.74) is 0. The summed E-state index contributed by atoms with van der Waals surface area (Å²) in [5.74, 6) is -0.816. The van der Waals surface area contributed by atoms with Crippen molar-refractivity contribution in [2.45, 2.75) is 45.7 Å². The van der Waals surface area contributed by atoms with Gasteiger partial charge in [-0.15, -0.1) is 0 Å². The summed E-state index contributed by atoms with van der Waals surface area (Å²) < 4.78 is 43.6. The normalized spacial score (nSPS) is 13.0. The first-order chi connectivity index (χ1) is 9.90. The summed E-state index contributed by atoms with van der Waals surface area (Å²) in [6.07, 6.45) is -0.482. The van der Waals surface area contributed by atoms with E-state index in [1.54, 1.807) is 0 Å². The van der Waals surface area contributed by atoms with Gasteiger partial charge in [0.1, 0.15) is 5.82 Å². The Morgan fingerprint density at radius 1 is 1.29 bits per heavy atom. The molecule has 120 valence electrons. The van der Waals surface area contributed by atoms with Crippen molar-refractivity contribution in [1.29, 1.82) is 0 Å². The Kier molecular flexibility index (Phi) is 6.71. The molecule has 1 atom stereocenters. The highest BCUT2D eigenvalue weighted by Gasteiger charge is 2.35. The Morgan fingerprint density at radius 2 is 2.00 bits per heavy atom. The fraction of sp³-hybridized carbons (Fsp3) is 0.714. The van der Waals surface area contributed by atoms with Gasteiger partial charge in [0, 0.05) is 13.1 Å². The molecule has 1 heterocycles. The molecule has 0 aliphatic heterocycles. The highest BCUT2D eigenvalue weighted by Crippen LogP contribution is 2.29. The molecule has 0 aliphatic rings. The number of hydrogen-bond donors (Lipinski definition) is 1. The van der Waals surface area contributed by atoms with E-state index < -0.39 is 12.0 Å². The van der Waals surface area contributed by atoms with Crippen LogP contribution in [0, 0.1) is 5.92 Å². The van der Waals surface area contributed by atoms with Crippen LogP contribution in [0.4, 0.5) is 19.0 Å². The second-order valence-electron chi connectivity index (χ2n) is 4.89. The van der Waals surface area contributed by atoms with Crippen molar-refractivity contribution in [3.05, 3.63) is 11.9 Å². The summed E-state index contributed by atoms with van der Waals surface area (Å²) in [7, 11) is 1.50. The molecule has 4 nitrogen and oxygen atoms in total. The number of nitrogens with one attached hydrogen (secondary N) is 1. The van der Waals surface area contributed by atoms with Crippen LogP contribution in [0.25, 0.3) is 0 Å². The molecule has 1 rings (SSSR count). The third-order valence-electron chi connectivity index (χ3n) is 3.22. The average molecular weight is 305 g/mol. The van der Waals surface area contributed by atoms with Crippen LogP contribution in [0.2, 0.25) is 0 Å². The number of ether oxygens (including phenoxy) is 1. The van der Waals surface area contributed by atoms with Crippen LogP contribution in [0.3, 0.4) is 0 Å². The van der Waals surface area contributed by atoms with Crippen LogP contribution in [-0.4, -0.2) is 23.6 Å². The molecule has 0 fully saturated rings. The molecule has 0 bridgehead atoms.